The van der Waals surface area contributed by atoms with Crippen LogP contribution < -0.4 is 10.6 Å². The SMILES string of the molecule is CCCCCCCCCC/C=C(/F)C(=O)N[C@H]1C[C@H]1NC(=O)/C(F)=C\CCCCCCCCCC. The second-order valence-electron chi connectivity index (χ2n) is 10.0. The number of nitrogens with one attached hydrogen (secondary N) is 2. The molecule has 0 bridgehead atoms. The van der Waals surface area contributed by atoms with Gasteiger partial charge in [0.2, 0.25) is 0 Å². The maximum Gasteiger partial charge on any atom is 0.279 e. The van der Waals surface area contributed by atoms with Crippen LogP contribution in [0.4, 0.5) is 8.78 Å². The van der Waals surface area contributed by atoms with Crippen LogP contribution in [-0.4, -0.2) is 23.9 Å². The van der Waals surface area contributed by atoms with Crippen LogP contribution in [0.25, 0.3) is 0 Å². The number of allylic oxidation sites excluding steroid dienone is 2. The molecule has 0 unspecified atom stereocenters. The van der Waals surface area contributed by atoms with Crippen molar-refractivity contribution in [2.45, 2.75) is 148 Å². The van der Waals surface area contributed by atoms with Crippen molar-refractivity contribution >= 4 is 11.8 Å². The largest absolute Gasteiger partial charge is 0.345 e. The molecular formula is C29H50F2N2O2. The van der Waals surface area contributed by atoms with E-state index >= 15 is 0 Å². The van der Waals surface area contributed by atoms with Gasteiger partial charge in [-0.3, -0.25) is 9.59 Å². The molecule has 0 saturated heterocycles. The van der Waals surface area contributed by atoms with Crippen molar-refractivity contribution in [1.82, 2.24) is 10.6 Å². The van der Waals surface area contributed by atoms with E-state index in [1.54, 1.807) is 0 Å². The maximum absolute atomic E-state index is 14.0. The molecule has 4 nitrogen and oxygen atoms in total. The van der Waals surface area contributed by atoms with Gasteiger partial charge in [-0.05, 0) is 44.3 Å². The predicted octanol–water partition coefficient (Wildman–Crippen LogP) is 8.13. The van der Waals surface area contributed by atoms with Crippen LogP contribution in [0.2, 0.25) is 0 Å². The molecule has 2 amide bonds. The molecule has 1 saturated carbocycles. The fourth-order valence-corrected chi connectivity index (χ4v) is 4.19. The monoisotopic (exact) mass is 496 g/mol. The Morgan fingerprint density at radius 1 is 0.600 bits per heavy atom. The van der Waals surface area contributed by atoms with E-state index in [0.717, 1.165) is 38.5 Å². The molecule has 1 aliphatic rings. The summed E-state index contributed by atoms with van der Waals surface area (Å²) >= 11 is 0. The van der Waals surface area contributed by atoms with Gasteiger partial charge in [0.15, 0.2) is 11.7 Å². The summed E-state index contributed by atoms with van der Waals surface area (Å²) in [6.07, 6.45) is 23.0. The molecule has 1 rings (SSSR count). The number of unbranched alkanes of at least 4 members (excludes halogenated alkanes) is 16. The highest BCUT2D eigenvalue weighted by Gasteiger charge is 2.40. The van der Waals surface area contributed by atoms with E-state index in [9.17, 15) is 18.4 Å². The molecule has 0 aromatic heterocycles. The first kappa shape index (κ1) is 31.3. The number of amides is 2. The van der Waals surface area contributed by atoms with E-state index < -0.39 is 23.5 Å². The topological polar surface area (TPSA) is 58.2 Å². The molecule has 0 aromatic carbocycles. The predicted molar refractivity (Wildman–Crippen MR) is 141 cm³/mol. The Balaban J connectivity index is 2.10. The highest BCUT2D eigenvalue weighted by Crippen LogP contribution is 2.23. The minimum absolute atomic E-state index is 0.339. The maximum atomic E-state index is 14.0. The fraction of sp³-hybridized carbons (Fsp3) is 0.793. The molecule has 1 fully saturated rings. The van der Waals surface area contributed by atoms with E-state index in [4.69, 9.17) is 0 Å². The summed E-state index contributed by atoms with van der Waals surface area (Å²) < 4.78 is 28.0. The highest BCUT2D eigenvalue weighted by molar-refractivity contribution is 5.93. The average molecular weight is 497 g/mol. The zero-order chi connectivity index (χ0) is 25.7. The molecule has 0 heterocycles. The summed E-state index contributed by atoms with van der Waals surface area (Å²) in [5, 5.41) is 5.15. The van der Waals surface area contributed by atoms with Gasteiger partial charge in [-0.2, -0.15) is 0 Å². The van der Waals surface area contributed by atoms with Crippen LogP contribution in [0.1, 0.15) is 136 Å². The highest BCUT2D eigenvalue weighted by atomic mass is 19.1. The first-order valence-electron chi connectivity index (χ1n) is 14.3. The van der Waals surface area contributed by atoms with Gasteiger partial charge in [0.25, 0.3) is 11.8 Å². The molecule has 2 atom stereocenters. The molecule has 6 heteroatoms. The molecule has 0 aliphatic heterocycles. The second kappa shape index (κ2) is 20.5. The molecule has 35 heavy (non-hydrogen) atoms. The summed E-state index contributed by atoms with van der Waals surface area (Å²) in [6, 6.07) is -0.677. The van der Waals surface area contributed by atoms with Gasteiger partial charge in [0.05, 0.1) is 12.1 Å². The van der Waals surface area contributed by atoms with Gasteiger partial charge in [-0.25, -0.2) is 8.78 Å². The lowest BCUT2D eigenvalue weighted by molar-refractivity contribution is -0.120. The van der Waals surface area contributed by atoms with Gasteiger partial charge in [0.1, 0.15) is 0 Å². The third-order valence-corrected chi connectivity index (χ3v) is 6.62. The second-order valence-corrected chi connectivity index (χ2v) is 10.0. The van der Waals surface area contributed by atoms with E-state index in [1.807, 2.05) is 0 Å². The van der Waals surface area contributed by atoms with Crippen molar-refractivity contribution in [3.63, 3.8) is 0 Å². The van der Waals surface area contributed by atoms with Gasteiger partial charge < -0.3 is 10.6 Å². The van der Waals surface area contributed by atoms with E-state index in [-0.39, 0.29) is 12.1 Å². The quantitative estimate of drug-likeness (QED) is 0.117. The lowest BCUT2D eigenvalue weighted by atomic mass is 10.1. The van der Waals surface area contributed by atoms with Crippen molar-refractivity contribution in [3.8, 4) is 0 Å². The molecule has 202 valence electrons. The molecular weight excluding hydrogens is 446 g/mol. The number of hydrogen-bond acceptors (Lipinski definition) is 2. The van der Waals surface area contributed by atoms with Crippen molar-refractivity contribution in [3.05, 3.63) is 23.8 Å². The van der Waals surface area contributed by atoms with Crippen molar-refractivity contribution in [2.75, 3.05) is 0 Å². The van der Waals surface area contributed by atoms with E-state index in [1.165, 1.54) is 76.4 Å². The standard InChI is InChI=1S/C29H50F2N2O2/c1-3-5-7-9-11-13-15-17-19-21-24(30)28(34)32-26-23-27(26)33-29(35)25(31)22-20-18-16-14-12-10-8-6-4-2/h21-22,26-27H,3-20,23H2,1-2H3,(H,32,34)(H,33,35)/b24-21+,25-22+/t26-,27+. The molecule has 0 spiro atoms. The van der Waals surface area contributed by atoms with Crippen LogP contribution in [-0.2, 0) is 9.59 Å². The summed E-state index contributed by atoms with van der Waals surface area (Å²) in [5.74, 6) is -3.06. The minimum Gasteiger partial charge on any atom is -0.345 e. The number of hydrogen-bond donors (Lipinski definition) is 2. The lowest BCUT2D eigenvalue weighted by Gasteiger charge is -2.05. The molecule has 2 N–H and O–H groups in total. The molecule has 1 aliphatic carbocycles. The summed E-state index contributed by atoms with van der Waals surface area (Å²) in [6.45, 7) is 4.40. The Hall–Kier alpha value is -1.72. The normalized spacial score (nSPS) is 17.9. The van der Waals surface area contributed by atoms with Gasteiger partial charge >= 0.3 is 0 Å². The molecule has 0 aromatic rings. The third-order valence-electron chi connectivity index (χ3n) is 6.62. The van der Waals surface area contributed by atoms with Crippen LogP contribution in [0.5, 0.6) is 0 Å². The van der Waals surface area contributed by atoms with Crippen LogP contribution in [0.15, 0.2) is 23.8 Å². The number of rotatable bonds is 22. The Morgan fingerprint density at radius 3 is 1.26 bits per heavy atom. The zero-order valence-corrected chi connectivity index (χ0v) is 22.3. The van der Waals surface area contributed by atoms with Gasteiger partial charge in [0, 0.05) is 0 Å². The zero-order valence-electron chi connectivity index (χ0n) is 22.3. The summed E-state index contributed by atoms with van der Waals surface area (Å²) in [7, 11) is 0. The smallest absolute Gasteiger partial charge is 0.279 e. The Bertz CT molecular complexity index is 595. The van der Waals surface area contributed by atoms with Crippen LogP contribution >= 0.6 is 0 Å². The van der Waals surface area contributed by atoms with Crippen molar-refractivity contribution in [1.29, 1.82) is 0 Å². The summed E-state index contributed by atoms with van der Waals surface area (Å²) in [5.41, 5.74) is 0. The first-order valence-corrected chi connectivity index (χ1v) is 14.3. The average Bonchev–Trinajstić information content (AvgIpc) is 3.58. The van der Waals surface area contributed by atoms with Crippen molar-refractivity contribution in [2.24, 2.45) is 0 Å². The minimum atomic E-state index is -0.777. The number of carbonyl (C=O) groups is 2. The molecule has 0 radical (unpaired) electrons. The lowest BCUT2D eigenvalue weighted by Crippen LogP contribution is -2.35. The van der Waals surface area contributed by atoms with E-state index in [0.29, 0.717) is 19.3 Å². The number of carbonyl (C=O) groups excluding carboxylic acids is 2. The van der Waals surface area contributed by atoms with Gasteiger partial charge in [-0.1, -0.05) is 104 Å². The van der Waals surface area contributed by atoms with Crippen molar-refractivity contribution < 1.29 is 18.4 Å². The Kier molecular flexibility index (Phi) is 18.3. The van der Waals surface area contributed by atoms with Crippen LogP contribution in [0, 0.1) is 0 Å². The fourth-order valence-electron chi connectivity index (χ4n) is 4.19. The number of halogens is 2. The Morgan fingerprint density at radius 2 is 0.914 bits per heavy atom. The Labute approximate surface area is 212 Å². The van der Waals surface area contributed by atoms with Crippen LogP contribution in [0.3, 0.4) is 0 Å². The summed E-state index contributed by atoms with van der Waals surface area (Å²) in [4.78, 5) is 23.9. The first-order chi connectivity index (χ1) is 17.0. The van der Waals surface area contributed by atoms with E-state index in [2.05, 4.69) is 24.5 Å². The third kappa shape index (κ3) is 16.6. The van der Waals surface area contributed by atoms with Gasteiger partial charge in [-0.15, -0.1) is 0 Å².